The van der Waals surface area contributed by atoms with Gasteiger partial charge in [-0.2, -0.15) is 0 Å². The zero-order valence-corrected chi connectivity index (χ0v) is 15.3. The molecule has 27 heavy (non-hydrogen) atoms. The molecule has 0 bridgehead atoms. The number of carbonyl (C=O) groups excluding carboxylic acids is 1. The van der Waals surface area contributed by atoms with Crippen LogP contribution in [0.4, 0.5) is 10.5 Å². The predicted molar refractivity (Wildman–Crippen MR) is 101 cm³/mol. The van der Waals surface area contributed by atoms with Gasteiger partial charge in [-0.25, -0.2) is 4.79 Å². The van der Waals surface area contributed by atoms with Crippen molar-refractivity contribution in [3.05, 3.63) is 54.1 Å². The van der Waals surface area contributed by atoms with Crippen LogP contribution < -0.4 is 20.1 Å². The van der Waals surface area contributed by atoms with Crippen molar-refractivity contribution in [2.75, 3.05) is 38.8 Å². The van der Waals surface area contributed by atoms with Crippen LogP contribution in [0.15, 0.2) is 48.5 Å². The Morgan fingerprint density at radius 3 is 2.85 bits per heavy atom. The number of benzene rings is 2. The summed E-state index contributed by atoms with van der Waals surface area (Å²) in [7, 11) is 1.63. The molecule has 2 amide bonds. The van der Waals surface area contributed by atoms with Crippen molar-refractivity contribution in [3.63, 3.8) is 0 Å². The first-order valence-electron chi connectivity index (χ1n) is 8.83. The summed E-state index contributed by atoms with van der Waals surface area (Å²) in [5.41, 5.74) is 1.68. The Balaban J connectivity index is 1.43. The van der Waals surface area contributed by atoms with E-state index in [-0.39, 0.29) is 12.1 Å². The normalized spacial score (nSPS) is 15.2. The molecule has 0 aromatic heterocycles. The monoisotopic (exact) mass is 372 g/mol. The highest BCUT2D eigenvalue weighted by Gasteiger charge is 2.20. The summed E-state index contributed by atoms with van der Waals surface area (Å²) < 4.78 is 21.9. The number of anilines is 1. The van der Waals surface area contributed by atoms with Crippen molar-refractivity contribution in [2.24, 2.45) is 0 Å². The maximum Gasteiger partial charge on any atom is 0.319 e. The highest BCUT2D eigenvalue weighted by Crippen LogP contribution is 2.30. The van der Waals surface area contributed by atoms with Gasteiger partial charge in [0, 0.05) is 12.8 Å². The van der Waals surface area contributed by atoms with Crippen LogP contribution in [0.3, 0.4) is 0 Å². The molecule has 7 heteroatoms. The van der Waals surface area contributed by atoms with Crippen LogP contribution in [0.1, 0.15) is 5.56 Å². The van der Waals surface area contributed by atoms with E-state index in [0.717, 1.165) is 11.3 Å². The minimum absolute atomic E-state index is 0.230. The standard InChI is InChI=1S/C20H24N2O5/c1-24-9-10-25-13-15-5-4-6-16(11-15)22-20(23)21-12-17-14-26-18-7-2-3-8-19(18)27-17/h2-8,11,17H,9-10,12-14H2,1H3,(H2,21,22,23). The Bertz CT molecular complexity index is 753. The number of ether oxygens (including phenoxy) is 4. The number of para-hydroxylation sites is 2. The van der Waals surface area contributed by atoms with Gasteiger partial charge in [-0.05, 0) is 29.8 Å². The number of amides is 2. The molecule has 2 aromatic carbocycles. The van der Waals surface area contributed by atoms with Crippen LogP contribution in [-0.2, 0) is 16.1 Å². The summed E-state index contributed by atoms with van der Waals surface area (Å²) in [6.45, 7) is 2.29. The molecule has 0 aliphatic carbocycles. The maximum absolute atomic E-state index is 12.1. The van der Waals surface area contributed by atoms with E-state index in [2.05, 4.69) is 10.6 Å². The Labute approximate surface area is 158 Å². The highest BCUT2D eigenvalue weighted by molar-refractivity contribution is 5.89. The lowest BCUT2D eigenvalue weighted by molar-refractivity contribution is 0.0617. The fraction of sp³-hybridized carbons (Fsp3) is 0.350. The Morgan fingerprint density at radius 2 is 2.00 bits per heavy atom. The number of fused-ring (bicyclic) bond motifs is 1. The molecule has 0 saturated carbocycles. The molecule has 0 radical (unpaired) electrons. The van der Waals surface area contributed by atoms with Crippen molar-refractivity contribution in [2.45, 2.75) is 12.7 Å². The van der Waals surface area contributed by atoms with Crippen molar-refractivity contribution < 1.29 is 23.7 Å². The van der Waals surface area contributed by atoms with Gasteiger partial charge in [0.1, 0.15) is 6.61 Å². The predicted octanol–water partition coefficient (Wildman–Crippen LogP) is 2.81. The van der Waals surface area contributed by atoms with Crippen LogP contribution in [0.2, 0.25) is 0 Å². The molecule has 1 atom stereocenters. The van der Waals surface area contributed by atoms with Crippen LogP contribution in [0.5, 0.6) is 11.5 Å². The Morgan fingerprint density at radius 1 is 1.15 bits per heavy atom. The topological polar surface area (TPSA) is 78.1 Å². The van der Waals surface area contributed by atoms with E-state index < -0.39 is 0 Å². The molecule has 0 saturated heterocycles. The summed E-state index contributed by atoms with van der Waals surface area (Å²) in [5.74, 6) is 1.42. The summed E-state index contributed by atoms with van der Waals surface area (Å²) in [4.78, 5) is 12.1. The summed E-state index contributed by atoms with van der Waals surface area (Å²) in [6.07, 6.45) is -0.230. The van der Waals surface area contributed by atoms with E-state index in [9.17, 15) is 4.79 Å². The van der Waals surface area contributed by atoms with E-state index in [1.807, 2.05) is 48.5 Å². The second-order valence-corrected chi connectivity index (χ2v) is 6.08. The van der Waals surface area contributed by atoms with E-state index in [0.29, 0.717) is 44.4 Å². The van der Waals surface area contributed by atoms with Gasteiger partial charge >= 0.3 is 6.03 Å². The molecule has 1 unspecified atom stereocenters. The number of urea groups is 1. The maximum atomic E-state index is 12.1. The molecular formula is C20H24N2O5. The van der Waals surface area contributed by atoms with Crippen LogP contribution in [-0.4, -0.2) is 45.6 Å². The molecule has 1 aliphatic heterocycles. The van der Waals surface area contributed by atoms with E-state index in [1.54, 1.807) is 7.11 Å². The minimum Gasteiger partial charge on any atom is -0.486 e. The van der Waals surface area contributed by atoms with Crippen molar-refractivity contribution in [1.29, 1.82) is 0 Å². The molecular weight excluding hydrogens is 348 g/mol. The highest BCUT2D eigenvalue weighted by atomic mass is 16.6. The van der Waals surface area contributed by atoms with Gasteiger partial charge < -0.3 is 29.6 Å². The number of carbonyl (C=O) groups is 1. The lowest BCUT2D eigenvalue weighted by atomic mass is 10.2. The number of methoxy groups -OCH3 is 1. The first kappa shape index (κ1) is 19.0. The van der Waals surface area contributed by atoms with E-state index in [4.69, 9.17) is 18.9 Å². The van der Waals surface area contributed by atoms with Gasteiger partial charge in [0.05, 0.1) is 26.4 Å². The van der Waals surface area contributed by atoms with Gasteiger partial charge in [-0.15, -0.1) is 0 Å². The largest absolute Gasteiger partial charge is 0.486 e. The van der Waals surface area contributed by atoms with Crippen molar-refractivity contribution in [3.8, 4) is 11.5 Å². The van der Waals surface area contributed by atoms with Crippen LogP contribution >= 0.6 is 0 Å². The summed E-state index contributed by atoms with van der Waals surface area (Å²) in [6, 6.07) is 14.7. The molecule has 3 rings (SSSR count). The third-order valence-electron chi connectivity index (χ3n) is 3.94. The van der Waals surface area contributed by atoms with E-state index in [1.165, 1.54) is 0 Å². The number of rotatable bonds is 8. The van der Waals surface area contributed by atoms with Crippen LogP contribution in [0.25, 0.3) is 0 Å². The average Bonchev–Trinajstić information content (AvgIpc) is 2.70. The molecule has 1 heterocycles. The van der Waals surface area contributed by atoms with Crippen LogP contribution in [0, 0.1) is 0 Å². The minimum atomic E-state index is -0.296. The average molecular weight is 372 g/mol. The lowest BCUT2D eigenvalue weighted by Crippen LogP contribution is -2.42. The quantitative estimate of drug-likeness (QED) is 0.697. The molecule has 2 N–H and O–H groups in total. The summed E-state index contributed by atoms with van der Waals surface area (Å²) in [5, 5.41) is 5.62. The molecule has 1 aliphatic rings. The lowest BCUT2D eigenvalue weighted by Gasteiger charge is -2.26. The van der Waals surface area contributed by atoms with Gasteiger partial charge in [0.25, 0.3) is 0 Å². The SMILES string of the molecule is COCCOCc1cccc(NC(=O)NCC2COc3ccccc3O2)c1. The van der Waals surface area contributed by atoms with Crippen molar-refractivity contribution in [1.82, 2.24) is 5.32 Å². The van der Waals surface area contributed by atoms with Gasteiger partial charge in [0.2, 0.25) is 0 Å². The van der Waals surface area contributed by atoms with Gasteiger partial charge in [0.15, 0.2) is 17.6 Å². The third-order valence-corrected chi connectivity index (χ3v) is 3.94. The molecule has 144 valence electrons. The fourth-order valence-corrected chi connectivity index (χ4v) is 2.62. The second kappa shape index (κ2) is 9.80. The fourth-order valence-electron chi connectivity index (χ4n) is 2.62. The number of hydrogen-bond donors (Lipinski definition) is 2. The first-order valence-corrected chi connectivity index (χ1v) is 8.83. The van der Waals surface area contributed by atoms with Crippen molar-refractivity contribution >= 4 is 11.7 Å². The Kier molecular flexibility index (Phi) is 6.90. The molecule has 7 nitrogen and oxygen atoms in total. The third kappa shape index (κ3) is 5.87. The number of nitrogens with one attached hydrogen (secondary N) is 2. The zero-order valence-electron chi connectivity index (χ0n) is 15.3. The Hall–Kier alpha value is -2.77. The molecule has 0 spiro atoms. The van der Waals surface area contributed by atoms with E-state index >= 15 is 0 Å². The number of hydrogen-bond acceptors (Lipinski definition) is 5. The van der Waals surface area contributed by atoms with Gasteiger partial charge in [-0.1, -0.05) is 24.3 Å². The smallest absolute Gasteiger partial charge is 0.319 e. The molecule has 0 fully saturated rings. The summed E-state index contributed by atoms with van der Waals surface area (Å²) >= 11 is 0. The molecule has 2 aromatic rings. The second-order valence-electron chi connectivity index (χ2n) is 6.08. The van der Waals surface area contributed by atoms with Gasteiger partial charge in [-0.3, -0.25) is 0 Å². The first-order chi connectivity index (χ1) is 13.2. The zero-order chi connectivity index (χ0) is 18.9.